The molecular weight excluding hydrogens is 344 g/mol. The smallest absolute Gasteiger partial charge is 0.262 e. The average Bonchev–Trinajstić information content (AvgIpc) is 2.61. The number of anilines is 1. The van der Waals surface area contributed by atoms with Gasteiger partial charge >= 0.3 is 0 Å². The highest BCUT2D eigenvalue weighted by atomic mass is 32.2. The molecule has 1 aliphatic rings. The molecule has 25 heavy (non-hydrogen) atoms. The summed E-state index contributed by atoms with van der Waals surface area (Å²) in [7, 11) is -0.627. The van der Waals surface area contributed by atoms with Crippen molar-refractivity contribution in [3.63, 3.8) is 0 Å². The summed E-state index contributed by atoms with van der Waals surface area (Å²) >= 11 is 0. The van der Waals surface area contributed by atoms with E-state index in [0.717, 1.165) is 5.56 Å². The van der Waals surface area contributed by atoms with Crippen molar-refractivity contribution in [3.8, 4) is 11.5 Å². The van der Waals surface area contributed by atoms with Crippen LogP contribution in [0, 0.1) is 0 Å². The van der Waals surface area contributed by atoms with Crippen molar-refractivity contribution in [3.05, 3.63) is 48.0 Å². The molecular formula is C17H18N2O5S. The van der Waals surface area contributed by atoms with E-state index in [0.29, 0.717) is 17.2 Å². The van der Waals surface area contributed by atoms with Crippen LogP contribution in [0.25, 0.3) is 0 Å². The van der Waals surface area contributed by atoms with Crippen LogP contribution >= 0.6 is 0 Å². The first kappa shape index (κ1) is 17.2. The summed E-state index contributed by atoms with van der Waals surface area (Å²) < 4.78 is 37.1. The van der Waals surface area contributed by atoms with E-state index in [1.54, 1.807) is 25.3 Å². The SMILES string of the molecule is COc1ccc(CN(C)S(=O)(=O)c2ccc3c(c2)NC(=O)CO3)cc1. The van der Waals surface area contributed by atoms with E-state index < -0.39 is 10.0 Å². The third kappa shape index (κ3) is 3.59. The number of fused-ring (bicyclic) bond motifs is 1. The summed E-state index contributed by atoms with van der Waals surface area (Å²) in [5, 5.41) is 2.61. The second-order valence-corrected chi connectivity index (χ2v) is 7.65. The van der Waals surface area contributed by atoms with Crippen molar-refractivity contribution in [2.24, 2.45) is 0 Å². The predicted octanol–water partition coefficient (Wildman–Crippen LogP) is 1.85. The van der Waals surface area contributed by atoms with Crippen molar-refractivity contribution in [2.45, 2.75) is 11.4 Å². The first-order valence-electron chi connectivity index (χ1n) is 7.56. The van der Waals surface area contributed by atoms with Crippen LogP contribution in [-0.4, -0.2) is 39.4 Å². The summed E-state index contributed by atoms with van der Waals surface area (Å²) in [4.78, 5) is 11.5. The summed E-state index contributed by atoms with van der Waals surface area (Å²) in [6, 6.07) is 11.6. The zero-order valence-corrected chi connectivity index (χ0v) is 14.7. The summed E-state index contributed by atoms with van der Waals surface area (Å²) in [6.45, 7) is 0.142. The van der Waals surface area contributed by atoms with Crippen molar-refractivity contribution < 1.29 is 22.7 Å². The maximum absolute atomic E-state index is 12.8. The molecule has 0 saturated heterocycles. The molecule has 0 aromatic heterocycles. The molecule has 0 spiro atoms. The Morgan fingerprint density at radius 3 is 2.60 bits per heavy atom. The fourth-order valence-corrected chi connectivity index (χ4v) is 3.66. The highest BCUT2D eigenvalue weighted by Gasteiger charge is 2.24. The second kappa shape index (κ2) is 6.73. The molecule has 132 valence electrons. The Morgan fingerprint density at radius 1 is 1.20 bits per heavy atom. The van der Waals surface area contributed by atoms with Crippen LogP contribution in [0.2, 0.25) is 0 Å². The maximum Gasteiger partial charge on any atom is 0.262 e. The molecule has 2 aromatic rings. The minimum Gasteiger partial charge on any atom is -0.497 e. The molecule has 0 radical (unpaired) electrons. The molecule has 0 unspecified atom stereocenters. The quantitative estimate of drug-likeness (QED) is 0.877. The molecule has 0 fully saturated rings. The van der Waals surface area contributed by atoms with Crippen LogP contribution in [0.4, 0.5) is 5.69 Å². The number of rotatable bonds is 5. The number of amides is 1. The molecule has 1 amide bonds. The highest BCUT2D eigenvalue weighted by molar-refractivity contribution is 7.89. The molecule has 0 aliphatic carbocycles. The monoisotopic (exact) mass is 362 g/mol. The van der Waals surface area contributed by atoms with Crippen LogP contribution in [-0.2, 0) is 21.4 Å². The van der Waals surface area contributed by atoms with Gasteiger partial charge in [0.05, 0.1) is 17.7 Å². The van der Waals surface area contributed by atoms with Gasteiger partial charge in [-0.15, -0.1) is 0 Å². The fourth-order valence-electron chi connectivity index (χ4n) is 2.48. The lowest BCUT2D eigenvalue weighted by atomic mass is 10.2. The number of hydrogen-bond acceptors (Lipinski definition) is 5. The van der Waals surface area contributed by atoms with Crippen LogP contribution in [0.3, 0.4) is 0 Å². The molecule has 2 aromatic carbocycles. The van der Waals surface area contributed by atoms with Crippen LogP contribution in [0.15, 0.2) is 47.4 Å². The Balaban J connectivity index is 1.82. The number of benzene rings is 2. The zero-order valence-electron chi connectivity index (χ0n) is 13.9. The number of nitrogens with zero attached hydrogens (tertiary/aromatic N) is 1. The predicted molar refractivity (Wildman–Crippen MR) is 92.2 cm³/mol. The third-order valence-electron chi connectivity index (χ3n) is 3.86. The van der Waals surface area contributed by atoms with Gasteiger partial charge in [-0.1, -0.05) is 12.1 Å². The number of carbonyl (C=O) groups is 1. The largest absolute Gasteiger partial charge is 0.497 e. The fraction of sp³-hybridized carbons (Fsp3) is 0.235. The first-order valence-corrected chi connectivity index (χ1v) is 9.00. The minimum absolute atomic E-state index is 0.0729. The Morgan fingerprint density at radius 2 is 1.92 bits per heavy atom. The maximum atomic E-state index is 12.8. The highest BCUT2D eigenvalue weighted by Crippen LogP contribution is 2.31. The van der Waals surface area contributed by atoms with Gasteiger partial charge in [-0.3, -0.25) is 4.79 Å². The molecule has 1 aliphatic heterocycles. The summed E-state index contributed by atoms with van der Waals surface area (Å²) in [5.74, 6) is 0.852. The van der Waals surface area contributed by atoms with Gasteiger partial charge < -0.3 is 14.8 Å². The van der Waals surface area contributed by atoms with Crippen LogP contribution in [0.5, 0.6) is 11.5 Å². The van der Waals surface area contributed by atoms with E-state index >= 15 is 0 Å². The van der Waals surface area contributed by atoms with Gasteiger partial charge in [-0.25, -0.2) is 8.42 Å². The van der Waals surface area contributed by atoms with Gasteiger partial charge in [-0.2, -0.15) is 4.31 Å². The van der Waals surface area contributed by atoms with E-state index in [9.17, 15) is 13.2 Å². The molecule has 3 rings (SSSR count). The lowest BCUT2D eigenvalue weighted by molar-refractivity contribution is -0.118. The lowest BCUT2D eigenvalue weighted by Gasteiger charge is -2.21. The Bertz CT molecular complexity index is 894. The van der Waals surface area contributed by atoms with Crippen molar-refractivity contribution >= 4 is 21.6 Å². The summed E-state index contributed by atoms with van der Waals surface area (Å²) in [5.41, 5.74) is 1.19. The number of sulfonamides is 1. The van der Waals surface area contributed by atoms with Gasteiger partial charge in [0.1, 0.15) is 11.5 Å². The van der Waals surface area contributed by atoms with Crippen LogP contribution in [0.1, 0.15) is 5.56 Å². The Labute approximate surface area is 146 Å². The third-order valence-corrected chi connectivity index (χ3v) is 5.66. The lowest BCUT2D eigenvalue weighted by Crippen LogP contribution is -2.28. The van der Waals surface area contributed by atoms with Gasteiger partial charge in [0, 0.05) is 13.6 Å². The Hall–Kier alpha value is -2.58. The van der Waals surface area contributed by atoms with E-state index in [4.69, 9.17) is 9.47 Å². The minimum atomic E-state index is -3.71. The van der Waals surface area contributed by atoms with Crippen molar-refractivity contribution in [1.29, 1.82) is 0 Å². The number of hydrogen-bond donors (Lipinski definition) is 1. The van der Waals surface area contributed by atoms with Crippen LogP contribution < -0.4 is 14.8 Å². The summed E-state index contributed by atoms with van der Waals surface area (Å²) in [6.07, 6.45) is 0. The normalized spacial score (nSPS) is 13.8. The molecule has 7 nitrogen and oxygen atoms in total. The molecule has 0 bridgehead atoms. The molecule has 8 heteroatoms. The van der Waals surface area contributed by atoms with Gasteiger partial charge in [0.2, 0.25) is 10.0 Å². The molecule has 1 N–H and O–H groups in total. The van der Waals surface area contributed by atoms with E-state index in [-0.39, 0.29) is 24.0 Å². The molecule has 0 atom stereocenters. The van der Waals surface area contributed by atoms with Crippen molar-refractivity contribution in [2.75, 3.05) is 26.1 Å². The van der Waals surface area contributed by atoms with Crippen molar-refractivity contribution in [1.82, 2.24) is 4.31 Å². The number of methoxy groups -OCH3 is 1. The average molecular weight is 362 g/mol. The van der Waals surface area contributed by atoms with E-state index in [1.165, 1.54) is 23.5 Å². The molecule has 1 heterocycles. The van der Waals surface area contributed by atoms with E-state index in [1.807, 2.05) is 12.1 Å². The zero-order chi connectivity index (χ0) is 18.0. The van der Waals surface area contributed by atoms with Gasteiger partial charge in [0.25, 0.3) is 5.91 Å². The topological polar surface area (TPSA) is 84.9 Å². The Kier molecular flexibility index (Phi) is 4.65. The first-order chi connectivity index (χ1) is 11.9. The number of ether oxygens (including phenoxy) is 2. The molecule has 0 saturated carbocycles. The van der Waals surface area contributed by atoms with Gasteiger partial charge in [-0.05, 0) is 35.9 Å². The number of carbonyl (C=O) groups excluding carboxylic acids is 1. The van der Waals surface area contributed by atoms with E-state index in [2.05, 4.69) is 5.32 Å². The number of nitrogens with one attached hydrogen (secondary N) is 1. The van der Waals surface area contributed by atoms with Gasteiger partial charge in [0.15, 0.2) is 6.61 Å². The second-order valence-electron chi connectivity index (χ2n) is 5.60. The standard InChI is InChI=1S/C17H18N2O5S/c1-19(10-12-3-5-13(23-2)6-4-12)25(21,22)14-7-8-16-15(9-14)18-17(20)11-24-16/h3-9H,10-11H2,1-2H3,(H,18,20).